The molecule has 0 aliphatic heterocycles. The van der Waals surface area contributed by atoms with Crippen LogP contribution >= 0.6 is 0 Å². The maximum atomic E-state index is 11.7. The van der Waals surface area contributed by atoms with Crippen molar-refractivity contribution in [3.05, 3.63) is 35.4 Å². The second-order valence-corrected chi connectivity index (χ2v) is 6.50. The van der Waals surface area contributed by atoms with E-state index in [1.807, 2.05) is 4.72 Å². The molecule has 0 spiro atoms. The molecular formula is C12H18N2O3S. The summed E-state index contributed by atoms with van der Waals surface area (Å²) in [7, 11) is -3.59. The average molecular weight is 270 g/mol. The fraction of sp³-hybridized carbons (Fsp3) is 0.417. The molecular weight excluding hydrogens is 252 g/mol. The van der Waals surface area contributed by atoms with Gasteiger partial charge in [-0.1, -0.05) is 12.1 Å². The van der Waals surface area contributed by atoms with Gasteiger partial charge in [-0.05, 0) is 44.5 Å². The topological polar surface area (TPSA) is 89.3 Å². The lowest BCUT2D eigenvalue weighted by molar-refractivity contribution is 0.0981. The summed E-state index contributed by atoms with van der Waals surface area (Å²) in [6.07, 6.45) is 0.728. The van der Waals surface area contributed by atoms with Gasteiger partial charge in [0.2, 0.25) is 10.0 Å². The van der Waals surface area contributed by atoms with Gasteiger partial charge in [0.05, 0.1) is 5.25 Å². The van der Waals surface area contributed by atoms with Gasteiger partial charge < -0.3 is 5.73 Å². The molecule has 0 fully saturated rings. The molecule has 100 valence electrons. The van der Waals surface area contributed by atoms with Crippen LogP contribution in [0, 0.1) is 0 Å². The lowest BCUT2D eigenvalue weighted by Gasteiger charge is -2.09. The summed E-state index contributed by atoms with van der Waals surface area (Å²) in [5.41, 5.74) is 6.75. The highest BCUT2D eigenvalue weighted by atomic mass is 32.2. The highest BCUT2D eigenvalue weighted by Gasteiger charge is 2.19. The van der Waals surface area contributed by atoms with Crippen LogP contribution < -0.4 is 10.5 Å². The molecule has 0 unspecified atom stereocenters. The molecule has 5 nitrogen and oxygen atoms in total. The molecule has 1 aromatic carbocycles. The van der Waals surface area contributed by atoms with E-state index in [0.29, 0.717) is 12.1 Å². The highest BCUT2D eigenvalue weighted by molar-refractivity contribution is 7.90. The SMILES string of the molecule is CC(C)S(=O)(=O)NC(=O)c1ccc(CCN)cc1. The van der Waals surface area contributed by atoms with E-state index in [2.05, 4.69) is 0 Å². The predicted molar refractivity (Wildman–Crippen MR) is 70.7 cm³/mol. The van der Waals surface area contributed by atoms with Crippen LogP contribution in [-0.4, -0.2) is 26.1 Å². The Labute approximate surface area is 107 Å². The maximum Gasteiger partial charge on any atom is 0.264 e. The van der Waals surface area contributed by atoms with E-state index < -0.39 is 21.2 Å². The van der Waals surface area contributed by atoms with E-state index in [1.54, 1.807) is 24.3 Å². The minimum Gasteiger partial charge on any atom is -0.330 e. The molecule has 0 atom stereocenters. The lowest BCUT2D eigenvalue weighted by atomic mass is 10.1. The van der Waals surface area contributed by atoms with Crippen molar-refractivity contribution in [3.63, 3.8) is 0 Å². The Hall–Kier alpha value is -1.40. The molecule has 0 saturated heterocycles. The molecule has 0 saturated carbocycles. The average Bonchev–Trinajstić information content (AvgIpc) is 2.29. The molecule has 0 aliphatic carbocycles. The highest BCUT2D eigenvalue weighted by Crippen LogP contribution is 2.06. The van der Waals surface area contributed by atoms with Gasteiger partial charge in [-0.3, -0.25) is 4.79 Å². The van der Waals surface area contributed by atoms with E-state index >= 15 is 0 Å². The third-order valence-electron chi connectivity index (χ3n) is 2.50. The van der Waals surface area contributed by atoms with E-state index in [-0.39, 0.29) is 0 Å². The van der Waals surface area contributed by atoms with Crippen molar-refractivity contribution in [1.82, 2.24) is 4.72 Å². The van der Waals surface area contributed by atoms with Gasteiger partial charge in [-0.15, -0.1) is 0 Å². The van der Waals surface area contributed by atoms with Crippen LogP contribution in [0.2, 0.25) is 0 Å². The molecule has 18 heavy (non-hydrogen) atoms. The number of amides is 1. The van der Waals surface area contributed by atoms with Crippen LogP contribution in [0.1, 0.15) is 29.8 Å². The minimum absolute atomic E-state index is 0.319. The third-order valence-corrected chi connectivity index (χ3v) is 4.22. The molecule has 0 aromatic heterocycles. The molecule has 6 heteroatoms. The zero-order valence-corrected chi connectivity index (χ0v) is 11.3. The summed E-state index contributed by atoms with van der Waals surface area (Å²) < 4.78 is 25.1. The first-order valence-corrected chi connectivity index (χ1v) is 7.26. The number of sulfonamides is 1. The van der Waals surface area contributed by atoms with Gasteiger partial charge in [0.1, 0.15) is 0 Å². The Kier molecular flexibility index (Phi) is 4.86. The minimum atomic E-state index is -3.59. The number of carbonyl (C=O) groups is 1. The molecule has 0 heterocycles. The van der Waals surface area contributed by atoms with Crippen molar-refractivity contribution < 1.29 is 13.2 Å². The zero-order chi connectivity index (χ0) is 13.8. The van der Waals surface area contributed by atoms with Crippen molar-refractivity contribution >= 4 is 15.9 Å². The van der Waals surface area contributed by atoms with E-state index in [0.717, 1.165) is 12.0 Å². The largest absolute Gasteiger partial charge is 0.330 e. The Morgan fingerprint density at radius 3 is 2.28 bits per heavy atom. The number of nitrogens with two attached hydrogens (primary N) is 1. The Balaban J connectivity index is 2.79. The van der Waals surface area contributed by atoms with Crippen molar-refractivity contribution in [2.24, 2.45) is 5.73 Å². The molecule has 1 aromatic rings. The summed E-state index contributed by atoms with van der Waals surface area (Å²) in [6, 6.07) is 6.72. The number of rotatable bonds is 5. The molecule has 0 bridgehead atoms. The summed E-state index contributed by atoms with van der Waals surface area (Å²) >= 11 is 0. The van der Waals surface area contributed by atoms with Crippen molar-refractivity contribution in [1.29, 1.82) is 0 Å². The fourth-order valence-corrected chi connectivity index (χ4v) is 1.91. The quantitative estimate of drug-likeness (QED) is 0.822. The van der Waals surface area contributed by atoms with Crippen LogP contribution in [0.3, 0.4) is 0 Å². The van der Waals surface area contributed by atoms with Crippen molar-refractivity contribution in [2.75, 3.05) is 6.54 Å². The summed E-state index contributed by atoms with van der Waals surface area (Å²) in [5.74, 6) is -0.608. The van der Waals surface area contributed by atoms with Gasteiger partial charge in [0.15, 0.2) is 0 Å². The second kappa shape index (κ2) is 5.97. The normalized spacial score (nSPS) is 11.6. The van der Waals surface area contributed by atoms with Gasteiger partial charge in [0, 0.05) is 5.56 Å². The number of nitrogens with one attached hydrogen (secondary N) is 1. The van der Waals surface area contributed by atoms with Gasteiger partial charge in [0.25, 0.3) is 5.91 Å². The molecule has 0 radical (unpaired) electrons. The Morgan fingerprint density at radius 1 is 1.28 bits per heavy atom. The van der Waals surface area contributed by atoms with E-state index in [9.17, 15) is 13.2 Å². The number of hydrogen-bond acceptors (Lipinski definition) is 4. The zero-order valence-electron chi connectivity index (χ0n) is 10.5. The second-order valence-electron chi connectivity index (χ2n) is 4.26. The summed E-state index contributed by atoms with van der Waals surface area (Å²) in [6.45, 7) is 3.56. The van der Waals surface area contributed by atoms with Crippen LogP contribution in [0.15, 0.2) is 24.3 Å². The van der Waals surface area contributed by atoms with Gasteiger partial charge in [-0.25, -0.2) is 13.1 Å². The molecule has 0 aliphatic rings. The standard InChI is InChI=1S/C12H18N2O3S/c1-9(2)18(16,17)14-12(15)11-5-3-10(4-6-11)7-8-13/h3-6,9H,7-8,13H2,1-2H3,(H,14,15). The first-order valence-electron chi connectivity index (χ1n) is 5.72. The van der Waals surface area contributed by atoms with Gasteiger partial charge in [-0.2, -0.15) is 0 Å². The van der Waals surface area contributed by atoms with Crippen molar-refractivity contribution in [3.8, 4) is 0 Å². The van der Waals surface area contributed by atoms with Crippen LogP contribution in [0.25, 0.3) is 0 Å². The monoisotopic (exact) mass is 270 g/mol. The number of hydrogen-bond donors (Lipinski definition) is 2. The van der Waals surface area contributed by atoms with E-state index in [1.165, 1.54) is 13.8 Å². The number of benzene rings is 1. The Morgan fingerprint density at radius 2 is 1.83 bits per heavy atom. The molecule has 1 amide bonds. The fourth-order valence-electron chi connectivity index (χ4n) is 1.30. The number of carbonyl (C=O) groups excluding carboxylic acids is 1. The first kappa shape index (κ1) is 14.7. The van der Waals surface area contributed by atoms with Crippen molar-refractivity contribution in [2.45, 2.75) is 25.5 Å². The van der Waals surface area contributed by atoms with E-state index in [4.69, 9.17) is 5.73 Å². The smallest absolute Gasteiger partial charge is 0.264 e. The first-order chi connectivity index (χ1) is 8.36. The van der Waals surface area contributed by atoms with Crippen LogP contribution in [-0.2, 0) is 16.4 Å². The predicted octanol–water partition coefficient (Wildman–Crippen LogP) is 0.656. The van der Waals surface area contributed by atoms with Crippen LogP contribution in [0.4, 0.5) is 0 Å². The third kappa shape index (κ3) is 3.82. The lowest BCUT2D eigenvalue weighted by Crippen LogP contribution is -2.35. The molecule has 1 rings (SSSR count). The maximum absolute atomic E-state index is 11.7. The molecule has 3 N–H and O–H groups in total. The van der Waals surface area contributed by atoms with Crippen LogP contribution in [0.5, 0.6) is 0 Å². The van der Waals surface area contributed by atoms with Gasteiger partial charge >= 0.3 is 0 Å². The summed E-state index contributed by atoms with van der Waals surface area (Å²) in [5, 5.41) is -0.641. The summed E-state index contributed by atoms with van der Waals surface area (Å²) in [4.78, 5) is 11.7. The Bertz CT molecular complexity index is 507.